The number of halogens is 1. The molecule has 0 aliphatic heterocycles. The second kappa shape index (κ2) is 6.84. The largest absolute Gasteiger partial charge is 0.396 e. The number of nitrogens with one attached hydrogen (secondary N) is 1. The van der Waals surface area contributed by atoms with Crippen molar-refractivity contribution in [1.82, 2.24) is 20.3 Å². The van der Waals surface area contributed by atoms with Crippen molar-refractivity contribution < 1.29 is 5.11 Å². The highest BCUT2D eigenvalue weighted by Gasteiger charge is 2.01. The third-order valence-electron chi connectivity index (χ3n) is 2.37. The van der Waals surface area contributed by atoms with Gasteiger partial charge in [0.15, 0.2) is 0 Å². The fraction of sp³-hybridized carbons (Fsp3) is 0.455. The summed E-state index contributed by atoms with van der Waals surface area (Å²) in [5.74, 6) is 0. The first-order valence-electron chi connectivity index (χ1n) is 5.73. The zero-order valence-electron chi connectivity index (χ0n) is 9.84. The minimum absolute atomic E-state index is 0.173. The van der Waals surface area contributed by atoms with Crippen LogP contribution in [0.1, 0.15) is 17.0 Å². The lowest BCUT2D eigenvalue weighted by Crippen LogP contribution is -2.12. The molecule has 2 N–H and O–H groups in total. The maximum absolute atomic E-state index is 8.72. The molecule has 5 nitrogen and oxygen atoms in total. The molecule has 18 heavy (non-hydrogen) atoms. The van der Waals surface area contributed by atoms with Gasteiger partial charge in [0.2, 0.25) is 0 Å². The normalized spacial score (nSPS) is 11.0. The lowest BCUT2D eigenvalue weighted by atomic mass is 10.4. The van der Waals surface area contributed by atoms with Crippen LogP contribution in [0.5, 0.6) is 0 Å². The topological polar surface area (TPSA) is 63.0 Å². The molecule has 2 aromatic heterocycles. The molecule has 0 radical (unpaired) electrons. The Morgan fingerprint density at radius 2 is 2.28 bits per heavy atom. The minimum Gasteiger partial charge on any atom is -0.396 e. The molecule has 2 rings (SSSR count). The summed E-state index contributed by atoms with van der Waals surface area (Å²) >= 11 is 7.43. The van der Waals surface area contributed by atoms with E-state index >= 15 is 0 Å². The van der Waals surface area contributed by atoms with Crippen molar-refractivity contribution in [2.75, 3.05) is 6.61 Å². The lowest BCUT2D eigenvalue weighted by Gasteiger charge is -1.99. The van der Waals surface area contributed by atoms with Crippen LogP contribution in [0.25, 0.3) is 0 Å². The van der Waals surface area contributed by atoms with E-state index in [-0.39, 0.29) is 6.61 Å². The van der Waals surface area contributed by atoms with Gasteiger partial charge in [-0.1, -0.05) is 16.8 Å². The van der Waals surface area contributed by atoms with Crippen molar-refractivity contribution in [2.24, 2.45) is 0 Å². The Labute approximate surface area is 114 Å². The molecule has 7 heteroatoms. The van der Waals surface area contributed by atoms with E-state index in [1.54, 1.807) is 16.0 Å². The molecule has 2 heterocycles. The summed E-state index contributed by atoms with van der Waals surface area (Å²) in [4.78, 5) is 1.20. The molecule has 98 valence electrons. The van der Waals surface area contributed by atoms with Gasteiger partial charge in [0, 0.05) is 37.3 Å². The zero-order chi connectivity index (χ0) is 12.8. The second-order valence-electron chi connectivity index (χ2n) is 3.86. The van der Waals surface area contributed by atoms with Crippen LogP contribution < -0.4 is 5.32 Å². The highest BCUT2D eigenvalue weighted by atomic mass is 35.5. The molecule has 0 unspecified atom stereocenters. The Bertz CT molecular complexity index is 485. The summed E-state index contributed by atoms with van der Waals surface area (Å²) in [5, 5.41) is 20.0. The first-order valence-corrected chi connectivity index (χ1v) is 6.92. The first-order chi connectivity index (χ1) is 8.78. The van der Waals surface area contributed by atoms with Crippen LogP contribution in [0.4, 0.5) is 0 Å². The Kier molecular flexibility index (Phi) is 5.12. The molecule has 0 saturated carbocycles. The summed E-state index contributed by atoms with van der Waals surface area (Å²) < 4.78 is 2.55. The number of nitrogens with zero attached hydrogens (tertiary/aromatic N) is 3. The van der Waals surface area contributed by atoms with Gasteiger partial charge in [-0.15, -0.1) is 16.4 Å². The van der Waals surface area contributed by atoms with Gasteiger partial charge in [0.05, 0.1) is 10.0 Å². The van der Waals surface area contributed by atoms with E-state index in [4.69, 9.17) is 16.7 Å². The average molecular weight is 287 g/mol. The molecule has 0 bridgehead atoms. The Morgan fingerprint density at radius 1 is 1.39 bits per heavy atom. The van der Waals surface area contributed by atoms with Crippen LogP contribution in [-0.2, 0) is 19.6 Å². The quantitative estimate of drug-likeness (QED) is 0.813. The molecule has 0 spiro atoms. The Morgan fingerprint density at radius 3 is 3.00 bits per heavy atom. The van der Waals surface area contributed by atoms with Crippen LogP contribution in [0.15, 0.2) is 18.3 Å². The van der Waals surface area contributed by atoms with Gasteiger partial charge in [-0.3, -0.25) is 4.68 Å². The van der Waals surface area contributed by atoms with Crippen molar-refractivity contribution in [2.45, 2.75) is 26.1 Å². The van der Waals surface area contributed by atoms with Crippen LogP contribution in [-0.4, -0.2) is 26.7 Å². The molecule has 0 aliphatic carbocycles. The molecule has 2 aromatic rings. The molecule has 0 amide bonds. The van der Waals surface area contributed by atoms with Gasteiger partial charge in [0.1, 0.15) is 0 Å². The van der Waals surface area contributed by atoms with E-state index in [0.717, 1.165) is 16.6 Å². The van der Waals surface area contributed by atoms with Crippen LogP contribution in [0.2, 0.25) is 4.34 Å². The average Bonchev–Trinajstić information content (AvgIpc) is 2.96. The highest BCUT2D eigenvalue weighted by Crippen LogP contribution is 2.20. The Hall–Kier alpha value is -0.950. The summed E-state index contributed by atoms with van der Waals surface area (Å²) in [6.07, 6.45) is 2.59. The number of thiophene rings is 1. The number of rotatable bonds is 7. The van der Waals surface area contributed by atoms with Crippen LogP contribution in [0, 0.1) is 0 Å². The molecule has 0 fully saturated rings. The maximum atomic E-state index is 8.72. The molecule has 0 atom stereocenters. The summed E-state index contributed by atoms with van der Waals surface area (Å²) in [6, 6.07) is 3.91. The predicted molar refractivity (Wildman–Crippen MR) is 71.6 cm³/mol. The van der Waals surface area contributed by atoms with E-state index in [1.807, 2.05) is 18.3 Å². The van der Waals surface area contributed by atoms with E-state index < -0.39 is 0 Å². The smallest absolute Gasteiger partial charge is 0.0964 e. The third kappa shape index (κ3) is 4.06. The predicted octanol–water partition coefficient (Wildman–Crippen LogP) is 1.67. The number of aliphatic hydroxyl groups excluding tert-OH is 1. The number of aryl methyl sites for hydroxylation is 1. The van der Waals surface area contributed by atoms with E-state index in [9.17, 15) is 0 Å². The number of hydrogen-bond donors (Lipinski definition) is 2. The van der Waals surface area contributed by atoms with Gasteiger partial charge < -0.3 is 10.4 Å². The fourth-order valence-corrected chi connectivity index (χ4v) is 2.58. The lowest BCUT2D eigenvalue weighted by molar-refractivity contribution is 0.276. The van der Waals surface area contributed by atoms with Gasteiger partial charge in [-0.25, -0.2) is 0 Å². The molecule has 0 aromatic carbocycles. The SMILES string of the molecule is OCCCn1cc(CNCc2ccc(Cl)s2)nn1. The van der Waals surface area contributed by atoms with Gasteiger partial charge >= 0.3 is 0 Å². The van der Waals surface area contributed by atoms with Crippen LogP contribution in [0.3, 0.4) is 0 Å². The van der Waals surface area contributed by atoms with Gasteiger partial charge in [-0.2, -0.15) is 0 Å². The summed E-state index contributed by atoms with van der Waals surface area (Å²) in [6.45, 7) is 2.33. The Balaban J connectivity index is 1.74. The van der Waals surface area contributed by atoms with E-state index in [1.165, 1.54) is 4.88 Å². The van der Waals surface area contributed by atoms with Crippen LogP contribution >= 0.6 is 22.9 Å². The van der Waals surface area contributed by atoms with Crippen molar-refractivity contribution >= 4 is 22.9 Å². The third-order valence-corrected chi connectivity index (χ3v) is 3.60. The monoisotopic (exact) mass is 286 g/mol. The molecule has 0 aliphatic rings. The highest BCUT2D eigenvalue weighted by molar-refractivity contribution is 7.16. The fourth-order valence-electron chi connectivity index (χ4n) is 1.52. The minimum atomic E-state index is 0.173. The van der Waals surface area contributed by atoms with Crippen molar-refractivity contribution in [3.63, 3.8) is 0 Å². The van der Waals surface area contributed by atoms with E-state index in [2.05, 4.69) is 15.6 Å². The van der Waals surface area contributed by atoms with Crippen molar-refractivity contribution in [1.29, 1.82) is 0 Å². The van der Waals surface area contributed by atoms with Crippen molar-refractivity contribution in [3.8, 4) is 0 Å². The molecular formula is C11H15ClN4OS. The molecular weight excluding hydrogens is 272 g/mol. The van der Waals surface area contributed by atoms with Gasteiger partial charge in [-0.05, 0) is 18.6 Å². The first kappa shape index (κ1) is 13.5. The standard InChI is InChI=1S/C11H15ClN4OS/c12-11-3-2-10(18-11)7-13-6-9-8-16(15-14-9)4-1-5-17/h2-3,8,13,17H,1,4-7H2. The molecule has 0 saturated heterocycles. The number of aliphatic hydroxyl groups is 1. The number of aromatic nitrogens is 3. The van der Waals surface area contributed by atoms with E-state index in [0.29, 0.717) is 19.5 Å². The zero-order valence-corrected chi connectivity index (χ0v) is 11.4. The van der Waals surface area contributed by atoms with Crippen molar-refractivity contribution in [3.05, 3.63) is 33.2 Å². The number of hydrogen-bond acceptors (Lipinski definition) is 5. The summed E-state index contributed by atoms with van der Waals surface area (Å²) in [7, 11) is 0. The maximum Gasteiger partial charge on any atom is 0.0964 e. The summed E-state index contributed by atoms with van der Waals surface area (Å²) in [5.41, 5.74) is 0.899. The second-order valence-corrected chi connectivity index (χ2v) is 5.66. The van der Waals surface area contributed by atoms with Gasteiger partial charge in [0.25, 0.3) is 0 Å².